The van der Waals surface area contributed by atoms with Crippen LogP contribution in [0.2, 0.25) is 0 Å². The summed E-state index contributed by atoms with van der Waals surface area (Å²) in [5.41, 5.74) is 16.3. The van der Waals surface area contributed by atoms with E-state index in [1.807, 2.05) is 23.1 Å². The number of rotatable bonds is 6. The monoisotopic (exact) mass is 858 g/mol. The number of hydrogen-bond donors (Lipinski definition) is 0. The molecule has 320 valence electrons. The lowest BCUT2D eigenvalue weighted by molar-refractivity contribution is -0.137. The van der Waals surface area contributed by atoms with Gasteiger partial charge < -0.3 is 18.6 Å². The molecule has 0 saturated heterocycles. The first kappa shape index (κ1) is 40.3. The third-order valence-corrected chi connectivity index (χ3v) is 13.6. The van der Waals surface area contributed by atoms with E-state index in [1.165, 1.54) is 39.9 Å². The molecule has 0 N–H and O–H groups in total. The second-order valence-corrected chi connectivity index (χ2v) is 17.7. The lowest BCUT2D eigenvalue weighted by atomic mass is 10.0. The van der Waals surface area contributed by atoms with Gasteiger partial charge in [0.05, 0.1) is 10.9 Å². The normalized spacial score (nSPS) is 12.2. The largest absolute Gasteiger partial charge is 0.456 e. The molecule has 65 heavy (non-hydrogen) atoms. The van der Waals surface area contributed by atoms with Crippen LogP contribution >= 0.6 is 0 Å². The number of hydrogen-bond acceptors (Lipinski definition) is 4. The van der Waals surface area contributed by atoms with Crippen LogP contribution in [0.15, 0.2) is 154 Å². The molecule has 4 nitrogen and oxygen atoms in total. The number of aryl methyl sites for hydroxylation is 5. The number of nitrogens with zero attached hydrogens (tertiary/aromatic N) is 2. The lowest BCUT2D eigenvalue weighted by Gasteiger charge is -2.27. The van der Waals surface area contributed by atoms with Gasteiger partial charge in [-0.1, -0.05) is 29.8 Å². The summed E-state index contributed by atoms with van der Waals surface area (Å²) in [6.07, 6.45) is -4.43. The maximum Gasteiger partial charge on any atom is 0.416 e. The molecule has 0 fully saturated rings. The van der Waals surface area contributed by atoms with Crippen molar-refractivity contribution in [2.45, 2.75) is 54.6 Å². The minimum absolute atomic E-state index is 0.626. The maximum absolute atomic E-state index is 13.6. The highest BCUT2D eigenvalue weighted by Crippen LogP contribution is 2.45. The molecule has 0 radical (unpaired) electrons. The zero-order valence-corrected chi connectivity index (χ0v) is 37.2. The Bertz CT molecular complexity index is 3680. The van der Waals surface area contributed by atoms with Gasteiger partial charge in [-0.15, -0.1) is 0 Å². The molecule has 0 bridgehead atoms. The van der Waals surface area contributed by atoms with Crippen LogP contribution in [0.25, 0.3) is 65.4 Å². The van der Waals surface area contributed by atoms with Crippen LogP contribution in [0, 0.1) is 48.5 Å². The van der Waals surface area contributed by atoms with Crippen LogP contribution in [0.5, 0.6) is 0 Å². The highest BCUT2D eigenvalue weighted by atomic mass is 19.4. The Balaban J connectivity index is 1.03. The predicted molar refractivity (Wildman–Crippen MR) is 264 cm³/mol. The van der Waals surface area contributed by atoms with E-state index in [0.717, 1.165) is 112 Å². The topological polar surface area (TPSA) is 32.8 Å². The van der Waals surface area contributed by atoms with Crippen molar-refractivity contribution in [2.24, 2.45) is 0 Å². The summed E-state index contributed by atoms with van der Waals surface area (Å²) in [6, 6.07) is 48.2. The van der Waals surface area contributed by atoms with Crippen molar-refractivity contribution in [3.8, 4) is 0 Å². The Labute approximate surface area is 374 Å². The third kappa shape index (κ3) is 6.76. The zero-order valence-electron chi connectivity index (χ0n) is 37.2. The van der Waals surface area contributed by atoms with Crippen LogP contribution in [0.3, 0.4) is 0 Å². The second kappa shape index (κ2) is 14.8. The molecular formula is C58H45F3N2O2. The summed E-state index contributed by atoms with van der Waals surface area (Å²) >= 11 is 0. The van der Waals surface area contributed by atoms with Crippen molar-refractivity contribution in [1.82, 2.24) is 0 Å². The third-order valence-electron chi connectivity index (χ3n) is 13.6. The van der Waals surface area contributed by atoms with Crippen molar-refractivity contribution in [3.05, 3.63) is 190 Å². The molecule has 2 aromatic heterocycles. The molecule has 2 heterocycles. The van der Waals surface area contributed by atoms with Crippen molar-refractivity contribution in [2.75, 3.05) is 9.80 Å². The second-order valence-electron chi connectivity index (χ2n) is 17.7. The number of fused-ring (bicyclic) bond motifs is 9. The summed E-state index contributed by atoms with van der Waals surface area (Å²) in [5.74, 6) is 0. The summed E-state index contributed by atoms with van der Waals surface area (Å²) in [6.45, 7) is 14.8. The van der Waals surface area contributed by atoms with Crippen LogP contribution < -0.4 is 9.80 Å². The molecule has 0 spiro atoms. The molecule has 0 saturated carbocycles. The van der Waals surface area contributed by atoms with E-state index in [4.69, 9.17) is 8.83 Å². The van der Waals surface area contributed by atoms with E-state index < -0.39 is 11.7 Å². The lowest BCUT2D eigenvalue weighted by Crippen LogP contribution is -2.12. The number of alkyl halides is 3. The van der Waals surface area contributed by atoms with Crippen LogP contribution in [0.4, 0.5) is 47.3 Å². The van der Waals surface area contributed by atoms with Gasteiger partial charge in [0.2, 0.25) is 0 Å². The number of benzene rings is 9. The highest BCUT2D eigenvalue weighted by molar-refractivity contribution is 6.24. The number of halogens is 3. The quantitative estimate of drug-likeness (QED) is 0.167. The molecule has 0 aliphatic rings. The van der Waals surface area contributed by atoms with Gasteiger partial charge >= 0.3 is 6.18 Å². The Kier molecular flexibility index (Phi) is 9.16. The van der Waals surface area contributed by atoms with Crippen LogP contribution in [-0.4, -0.2) is 0 Å². The summed E-state index contributed by atoms with van der Waals surface area (Å²) in [4.78, 5) is 4.34. The molecule has 9 aromatic carbocycles. The van der Waals surface area contributed by atoms with Gasteiger partial charge in [0, 0.05) is 50.3 Å². The minimum Gasteiger partial charge on any atom is -0.456 e. The van der Waals surface area contributed by atoms with Gasteiger partial charge in [-0.2, -0.15) is 13.2 Å². The first-order valence-electron chi connectivity index (χ1n) is 21.9. The SMILES string of the molecule is Cc1ccc(N(c2cc(C)c(C)c(C)c2)c2ccc3cc4c(cc3c2)oc2c4ccc3oc4cc5cc(N(c6ccc(C(F)(F)F)cc6)c6cc(C)c(C)c(C)c6)ccc5cc4c32)cc1. The molecule has 0 atom stereocenters. The van der Waals surface area contributed by atoms with Gasteiger partial charge in [-0.25, -0.2) is 0 Å². The first-order valence-corrected chi connectivity index (χ1v) is 21.9. The Morgan fingerprint density at radius 2 is 0.831 bits per heavy atom. The maximum atomic E-state index is 13.6. The fourth-order valence-corrected chi connectivity index (χ4v) is 9.50. The number of furan rings is 2. The standard InChI is InChI=1S/C58H45F3N2O2/c1-32-8-14-44(15-9-32)62(48-22-33(2)37(6)34(3)23-48)46-16-10-39-28-51-50-20-21-53-56(57(50)65-54(51)30-41(39)26-46)52-29-40-11-17-47(27-42(40)31-55(52)64-53)63(49-24-35(4)38(7)36(5)25-49)45-18-12-43(13-19-45)58(59,60)61/h8-31H,1-7H3. The van der Waals surface area contributed by atoms with Crippen LogP contribution in [-0.2, 0) is 6.18 Å². The van der Waals surface area contributed by atoms with E-state index in [9.17, 15) is 13.2 Å². The van der Waals surface area contributed by atoms with Gasteiger partial charge in [0.25, 0.3) is 0 Å². The Morgan fingerprint density at radius 1 is 0.369 bits per heavy atom. The predicted octanol–water partition coefficient (Wildman–Crippen LogP) is 17.9. The first-order chi connectivity index (χ1) is 31.2. The summed E-state index contributed by atoms with van der Waals surface area (Å²) < 4.78 is 54.3. The van der Waals surface area contributed by atoms with E-state index in [1.54, 1.807) is 0 Å². The fraction of sp³-hybridized carbons (Fsp3) is 0.138. The molecule has 11 rings (SSSR count). The molecule has 0 aliphatic carbocycles. The number of anilines is 6. The molecule has 11 aromatic rings. The average Bonchev–Trinajstić information content (AvgIpc) is 3.83. The molecule has 0 aliphatic heterocycles. The summed E-state index contributed by atoms with van der Waals surface area (Å²) in [5, 5.41) is 8.02. The minimum atomic E-state index is -4.43. The Morgan fingerprint density at radius 3 is 1.34 bits per heavy atom. The van der Waals surface area contributed by atoms with E-state index in [-0.39, 0.29) is 0 Å². The molecule has 0 unspecified atom stereocenters. The van der Waals surface area contributed by atoms with E-state index in [0.29, 0.717) is 11.3 Å². The molecular weight excluding hydrogens is 814 g/mol. The van der Waals surface area contributed by atoms with Crippen molar-refractivity contribution in [1.29, 1.82) is 0 Å². The highest BCUT2D eigenvalue weighted by Gasteiger charge is 2.30. The zero-order chi connectivity index (χ0) is 45.1. The van der Waals surface area contributed by atoms with Gasteiger partial charge in [0.15, 0.2) is 0 Å². The molecule has 7 heteroatoms. The van der Waals surface area contributed by atoms with Crippen molar-refractivity contribution >= 4 is 99.5 Å². The smallest absolute Gasteiger partial charge is 0.416 e. The van der Waals surface area contributed by atoms with Gasteiger partial charge in [-0.05, 0) is 225 Å². The van der Waals surface area contributed by atoms with Crippen molar-refractivity contribution in [3.63, 3.8) is 0 Å². The fourth-order valence-electron chi connectivity index (χ4n) is 9.50. The van der Waals surface area contributed by atoms with E-state index in [2.05, 4.69) is 156 Å². The van der Waals surface area contributed by atoms with Gasteiger partial charge in [-0.3, -0.25) is 0 Å². The Hall–Kier alpha value is -7.51. The van der Waals surface area contributed by atoms with Crippen LogP contribution in [0.1, 0.15) is 44.5 Å². The van der Waals surface area contributed by atoms with Gasteiger partial charge in [0.1, 0.15) is 22.3 Å². The molecule has 0 amide bonds. The summed E-state index contributed by atoms with van der Waals surface area (Å²) in [7, 11) is 0. The van der Waals surface area contributed by atoms with Crippen molar-refractivity contribution < 1.29 is 22.0 Å². The van der Waals surface area contributed by atoms with E-state index >= 15 is 0 Å². The average molecular weight is 859 g/mol.